The molecule has 0 heterocycles. The van der Waals surface area contributed by atoms with E-state index in [4.69, 9.17) is 0 Å². The van der Waals surface area contributed by atoms with Gasteiger partial charge in [0.25, 0.3) is 0 Å². The molecule has 0 radical (unpaired) electrons. The summed E-state index contributed by atoms with van der Waals surface area (Å²) in [5.74, 6) is -0.515. The summed E-state index contributed by atoms with van der Waals surface area (Å²) in [6, 6.07) is 6.27. The van der Waals surface area contributed by atoms with Crippen LogP contribution in [0.1, 0.15) is 84.9 Å². The van der Waals surface area contributed by atoms with Gasteiger partial charge in [-0.1, -0.05) is 79.7 Å². The van der Waals surface area contributed by atoms with Gasteiger partial charge in [-0.15, -0.1) is 0 Å². The SMILES string of the molecule is CCC(CC)(C(=O)C=Cc1cc(C(C)(C)C)cc(C(C)(C)C)c1)P(=O)(O)O. The average Bonchev–Trinajstić information content (AvgIpc) is 2.51. The molecule has 1 rings (SSSR count). The second-order valence-corrected chi connectivity index (χ2v) is 11.3. The zero-order chi connectivity index (χ0) is 21.3. The van der Waals surface area contributed by atoms with E-state index in [0.29, 0.717) is 0 Å². The summed E-state index contributed by atoms with van der Waals surface area (Å²) in [5.41, 5.74) is 3.10. The standard InChI is InChI=1S/C22H35O4P/c1-9-22(10-2,27(24,25)26)19(23)12-11-16-13-17(20(3,4)5)15-18(14-16)21(6,7)8/h11-15H,9-10H2,1-8H3,(H2,24,25,26). The summed E-state index contributed by atoms with van der Waals surface area (Å²) in [6.45, 7) is 16.1. The molecular weight excluding hydrogens is 359 g/mol. The van der Waals surface area contributed by atoms with Crippen LogP contribution in [0.3, 0.4) is 0 Å². The van der Waals surface area contributed by atoms with Gasteiger partial charge in [-0.05, 0) is 46.4 Å². The van der Waals surface area contributed by atoms with Gasteiger partial charge in [0.2, 0.25) is 0 Å². The summed E-state index contributed by atoms with van der Waals surface area (Å²) < 4.78 is 12.0. The van der Waals surface area contributed by atoms with Crippen molar-refractivity contribution >= 4 is 19.5 Å². The van der Waals surface area contributed by atoms with Crippen molar-refractivity contribution in [1.82, 2.24) is 0 Å². The van der Waals surface area contributed by atoms with Crippen LogP contribution < -0.4 is 0 Å². The predicted molar refractivity (Wildman–Crippen MR) is 113 cm³/mol. The van der Waals surface area contributed by atoms with Crippen LogP contribution in [0, 0.1) is 0 Å². The number of rotatable bonds is 6. The maximum Gasteiger partial charge on any atom is 0.339 e. The minimum absolute atomic E-state index is 0.0453. The van der Waals surface area contributed by atoms with Crippen LogP contribution in [0.2, 0.25) is 0 Å². The van der Waals surface area contributed by atoms with E-state index < -0.39 is 18.5 Å². The molecule has 1 aromatic rings. The normalized spacial score (nSPS) is 14.0. The van der Waals surface area contributed by atoms with E-state index in [9.17, 15) is 19.1 Å². The summed E-state index contributed by atoms with van der Waals surface area (Å²) in [4.78, 5) is 32.2. The molecule has 0 saturated heterocycles. The van der Waals surface area contributed by atoms with E-state index >= 15 is 0 Å². The molecule has 0 saturated carbocycles. The van der Waals surface area contributed by atoms with Crippen LogP contribution in [-0.4, -0.2) is 20.7 Å². The quantitative estimate of drug-likeness (QED) is 0.486. The van der Waals surface area contributed by atoms with Gasteiger partial charge in [0.1, 0.15) is 5.16 Å². The Labute approximate surface area is 164 Å². The Kier molecular flexibility index (Phi) is 7.08. The lowest BCUT2D eigenvalue weighted by Crippen LogP contribution is -2.36. The average molecular weight is 394 g/mol. The molecule has 0 spiro atoms. The van der Waals surface area contributed by atoms with Gasteiger partial charge in [0.15, 0.2) is 5.78 Å². The van der Waals surface area contributed by atoms with E-state index in [1.165, 1.54) is 6.08 Å². The Morgan fingerprint density at radius 2 is 1.33 bits per heavy atom. The van der Waals surface area contributed by atoms with E-state index in [0.717, 1.165) is 16.7 Å². The van der Waals surface area contributed by atoms with Crippen LogP contribution in [0.25, 0.3) is 6.08 Å². The highest BCUT2D eigenvalue weighted by atomic mass is 31.2. The topological polar surface area (TPSA) is 74.6 Å². The Morgan fingerprint density at radius 3 is 1.63 bits per heavy atom. The second kappa shape index (κ2) is 8.03. The largest absolute Gasteiger partial charge is 0.339 e. The van der Waals surface area contributed by atoms with Gasteiger partial charge < -0.3 is 9.79 Å². The number of carbonyl (C=O) groups is 1. The molecule has 0 atom stereocenters. The van der Waals surface area contributed by atoms with E-state index in [-0.39, 0.29) is 23.7 Å². The molecule has 4 nitrogen and oxygen atoms in total. The first kappa shape index (κ1) is 23.8. The third kappa shape index (κ3) is 5.40. The highest BCUT2D eigenvalue weighted by Gasteiger charge is 2.48. The zero-order valence-corrected chi connectivity index (χ0v) is 18.9. The van der Waals surface area contributed by atoms with Gasteiger partial charge in [-0.3, -0.25) is 9.36 Å². The molecule has 2 N–H and O–H groups in total. The first-order chi connectivity index (χ1) is 12.1. The lowest BCUT2D eigenvalue weighted by Gasteiger charge is -2.29. The molecule has 0 aliphatic carbocycles. The summed E-state index contributed by atoms with van der Waals surface area (Å²) in [6.07, 6.45) is 3.22. The summed E-state index contributed by atoms with van der Waals surface area (Å²) >= 11 is 0. The minimum Gasteiger partial charge on any atom is -0.324 e. The number of hydrogen-bond acceptors (Lipinski definition) is 2. The van der Waals surface area contributed by atoms with Crippen molar-refractivity contribution in [1.29, 1.82) is 0 Å². The highest BCUT2D eigenvalue weighted by molar-refractivity contribution is 7.54. The molecule has 27 heavy (non-hydrogen) atoms. The number of allylic oxidation sites excluding steroid dienone is 1. The Balaban J connectivity index is 3.43. The molecule has 5 heteroatoms. The first-order valence-electron chi connectivity index (χ1n) is 9.52. The van der Waals surface area contributed by atoms with E-state index in [1.54, 1.807) is 19.9 Å². The maximum atomic E-state index is 12.7. The lowest BCUT2D eigenvalue weighted by atomic mass is 9.79. The third-order valence-electron chi connectivity index (χ3n) is 5.30. The fourth-order valence-corrected chi connectivity index (χ4v) is 4.28. The Hall–Kier alpha value is -1.22. The molecule has 1 aromatic carbocycles. The fraction of sp³-hybridized carbons (Fsp3) is 0.591. The van der Waals surface area contributed by atoms with E-state index in [2.05, 4.69) is 47.6 Å². The number of benzene rings is 1. The molecule has 0 unspecified atom stereocenters. The smallest absolute Gasteiger partial charge is 0.324 e. The minimum atomic E-state index is -4.56. The molecule has 0 bridgehead atoms. The molecule has 0 aliphatic rings. The van der Waals surface area contributed by atoms with Gasteiger partial charge in [0.05, 0.1) is 0 Å². The molecule has 0 aliphatic heterocycles. The van der Waals surface area contributed by atoms with Gasteiger partial charge in [-0.2, -0.15) is 0 Å². The second-order valence-electron chi connectivity index (χ2n) is 9.32. The Bertz CT molecular complexity index is 721. The Morgan fingerprint density at radius 1 is 0.926 bits per heavy atom. The summed E-state index contributed by atoms with van der Waals surface area (Å²) in [7, 11) is -4.56. The summed E-state index contributed by atoms with van der Waals surface area (Å²) in [5, 5.41) is -1.64. The van der Waals surface area contributed by atoms with Crippen molar-refractivity contribution in [3.63, 3.8) is 0 Å². The fourth-order valence-electron chi connectivity index (χ4n) is 3.09. The number of carbonyl (C=O) groups excluding carboxylic acids is 1. The van der Waals surface area contributed by atoms with Crippen molar-refractivity contribution in [3.05, 3.63) is 41.0 Å². The van der Waals surface area contributed by atoms with Crippen molar-refractivity contribution in [2.24, 2.45) is 0 Å². The van der Waals surface area contributed by atoms with E-state index in [1.807, 2.05) is 12.1 Å². The molecule has 0 aromatic heterocycles. The lowest BCUT2D eigenvalue weighted by molar-refractivity contribution is -0.117. The molecular formula is C22H35O4P. The monoisotopic (exact) mass is 394 g/mol. The van der Waals surface area contributed by atoms with Crippen LogP contribution >= 0.6 is 7.60 Å². The van der Waals surface area contributed by atoms with Gasteiger partial charge in [-0.25, -0.2) is 0 Å². The van der Waals surface area contributed by atoms with Crippen LogP contribution in [0.5, 0.6) is 0 Å². The van der Waals surface area contributed by atoms with Crippen LogP contribution in [0.4, 0.5) is 0 Å². The highest BCUT2D eigenvalue weighted by Crippen LogP contribution is 2.55. The first-order valence-corrected chi connectivity index (χ1v) is 11.1. The van der Waals surface area contributed by atoms with Gasteiger partial charge in [0, 0.05) is 0 Å². The van der Waals surface area contributed by atoms with Crippen molar-refractivity contribution in [2.75, 3.05) is 0 Å². The third-order valence-corrected chi connectivity index (χ3v) is 7.27. The van der Waals surface area contributed by atoms with Crippen LogP contribution in [-0.2, 0) is 20.2 Å². The van der Waals surface area contributed by atoms with Crippen molar-refractivity contribution in [3.8, 4) is 0 Å². The molecule has 0 fully saturated rings. The van der Waals surface area contributed by atoms with Crippen LogP contribution in [0.15, 0.2) is 24.3 Å². The number of ketones is 1. The maximum absolute atomic E-state index is 12.7. The van der Waals surface area contributed by atoms with Crippen molar-refractivity contribution < 1.29 is 19.1 Å². The van der Waals surface area contributed by atoms with Gasteiger partial charge >= 0.3 is 7.60 Å². The zero-order valence-electron chi connectivity index (χ0n) is 18.0. The van der Waals surface area contributed by atoms with Crippen molar-refractivity contribution in [2.45, 2.75) is 84.2 Å². The molecule has 152 valence electrons. The predicted octanol–water partition coefficient (Wildman–Crippen LogP) is 5.60. The molecule has 0 amide bonds. The number of hydrogen-bond donors (Lipinski definition) is 2.